The highest BCUT2D eigenvalue weighted by atomic mass is 32.1. The molecule has 5 aromatic rings. The highest BCUT2D eigenvalue weighted by Crippen LogP contribution is 2.28. The van der Waals surface area contributed by atoms with E-state index in [0.29, 0.717) is 5.52 Å². The molecular formula is C23H15N3O3S. The summed E-state index contributed by atoms with van der Waals surface area (Å²) in [5.41, 5.74) is 2.83. The minimum Gasteiger partial charge on any atom is -0.294 e. The van der Waals surface area contributed by atoms with Gasteiger partial charge in [-0.2, -0.15) is 0 Å². The van der Waals surface area contributed by atoms with E-state index < -0.39 is 10.5 Å². The van der Waals surface area contributed by atoms with Gasteiger partial charge in [0.05, 0.1) is 23.3 Å². The molecule has 0 fully saturated rings. The summed E-state index contributed by atoms with van der Waals surface area (Å²) in [6.07, 6.45) is 1.44. The standard InChI is InChI=1S/C23H15N3O3S/c27-23-22-19(2-1-3-20(22)26(28)29)24-14-25(23)13-15-4-6-16(7-5-15)18-9-8-17-10-11-30-21(17)12-18/h1-12,14H,13H2. The van der Waals surface area contributed by atoms with Gasteiger partial charge in [-0.15, -0.1) is 11.3 Å². The van der Waals surface area contributed by atoms with Gasteiger partial charge in [0.2, 0.25) is 0 Å². The number of nitro groups is 1. The number of hydrogen-bond acceptors (Lipinski definition) is 5. The van der Waals surface area contributed by atoms with Gasteiger partial charge in [-0.3, -0.25) is 19.5 Å². The Balaban J connectivity index is 1.48. The van der Waals surface area contributed by atoms with Crippen LogP contribution in [0.4, 0.5) is 5.69 Å². The number of benzene rings is 3. The maximum Gasteiger partial charge on any atom is 0.284 e. The number of nitrogens with zero attached hydrogens (tertiary/aromatic N) is 3. The largest absolute Gasteiger partial charge is 0.294 e. The molecule has 30 heavy (non-hydrogen) atoms. The third-order valence-corrected chi connectivity index (χ3v) is 6.00. The second-order valence-corrected chi connectivity index (χ2v) is 7.92. The molecule has 0 amide bonds. The van der Waals surface area contributed by atoms with E-state index >= 15 is 0 Å². The maximum atomic E-state index is 12.9. The average Bonchev–Trinajstić information content (AvgIpc) is 3.24. The number of non-ortho nitro benzene ring substituents is 1. The van der Waals surface area contributed by atoms with Crippen molar-refractivity contribution in [2.45, 2.75) is 6.54 Å². The zero-order valence-corrected chi connectivity index (χ0v) is 16.5. The van der Waals surface area contributed by atoms with Crippen LogP contribution in [0, 0.1) is 10.1 Å². The Kier molecular flexibility index (Phi) is 4.37. The maximum absolute atomic E-state index is 12.9. The zero-order chi connectivity index (χ0) is 20.7. The van der Waals surface area contributed by atoms with Crippen LogP contribution in [-0.4, -0.2) is 14.5 Å². The van der Waals surface area contributed by atoms with Crippen LogP contribution in [0.25, 0.3) is 32.1 Å². The number of fused-ring (bicyclic) bond motifs is 2. The topological polar surface area (TPSA) is 78.0 Å². The molecule has 0 spiro atoms. The van der Waals surface area contributed by atoms with Crippen molar-refractivity contribution in [3.63, 3.8) is 0 Å². The second kappa shape index (κ2) is 7.20. The van der Waals surface area contributed by atoms with Crippen molar-refractivity contribution >= 4 is 38.0 Å². The third-order valence-electron chi connectivity index (χ3n) is 5.12. The van der Waals surface area contributed by atoms with Crippen LogP contribution >= 0.6 is 11.3 Å². The molecule has 0 unspecified atom stereocenters. The summed E-state index contributed by atoms with van der Waals surface area (Å²) in [5.74, 6) is 0. The van der Waals surface area contributed by atoms with E-state index in [1.807, 2.05) is 24.3 Å². The molecule has 3 aromatic carbocycles. The van der Waals surface area contributed by atoms with Crippen molar-refractivity contribution in [1.29, 1.82) is 0 Å². The molecule has 0 saturated carbocycles. The summed E-state index contributed by atoms with van der Waals surface area (Å²) < 4.78 is 2.65. The first-order valence-corrected chi connectivity index (χ1v) is 10.2. The first kappa shape index (κ1) is 18.2. The molecule has 0 atom stereocenters. The summed E-state index contributed by atoms with van der Waals surface area (Å²) in [6, 6.07) is 20.9. The molecule has 6 nitrogen and oxygen atoms in total. The minimum atomic E-state index is -0.547. The van der Waals surface area contributed by atoms with Gasteiger partial charge in [0.15, 0.2) is 0 Å². The van der Waals surface area contributed by atoms with Crippen LogP contribution in [0.3, 0.4) is 0 Å². The Morgan fingerprint density at radius 1 is 1.00 bits per heavy atom. The molecule has 0 aliphatic rings. The van der Waals surface area contributed by atoms with Gasteiger partial charge in [0, 0.05) is 10.8 Å². The van der Waals surface area contributed by atoms with Crippen LogP contribution < -0.4 is 5.56 Å². The van der Waals surface area contributed by atoms with Crippen LogP contribution in [0.5, 0.6) is 0 Å². The van der Waals surface area contributed by atoms with Crippen LogP contribution in [0.1, 0.15) is 5.56 Å². The Bertz CT molecular complexity index is 1470. The lowest BCUT2D eigenvalue weighted by molar-refractivity contribution is -0.383. The average molecular weight is 413 g/mol. The lowest BCUT2D eigenvalue weighted by Crippen LogP contribution is -2.22. The van der Waals surface area contributed by atoms with E-state index in [-0.39, 0.29) is 17.6 Å². The van der Waals surface area contributed by atoms with Crippen molar-refractivity contribution in [2.24, 2.45) is 0 Å². The monoisotopic (exact) mass is 413 g/mol. The van der Waals surface area contributed by atoms with Crippen molar-refractivity contribution in [1.82, 2.24) is 9.55 Å². The Hall–Kier alpha value is -3.84. The van der Waals surface area contributed by atoms with Gasteiger partial charge in [0.1, 0.15) is 5.39 Å². The third kappa shape index (κ3) is 3.15. The van der Waals surface area contributed by atoms with E-state index in [0.717, 1.165) is 16.7 Å². The molecule has 7 heteroatoms. The molecule has 0 radical (unpaired) electrons. The van der Waals surface area contributed by atoms with E-state index in [2.05, 4.69) is 34.6 Å². The molecule has 2 aromatic heterocycles. The number of nitro benzene ring substituents is 1. The highest BCUT2D eigenvalue weighted by molar-refractivity contribution is 7.17. The normalized spacial score (nSPS) is 11.2. The summed E-state index contributed by atoms with van der Waals surface area (Å²) in [7, 11) is 0. The molecule has 0 bridgehead atoms. The van der Waals surface area contributed by atoms with Crippen LogP contribution in [0.15, 0.2) is 83.2 Å². The van der Waals surface area contributed by atoms with Gasteiger partial charge in [-0.1, -0.05) is 42.5 Å². The van der Waals surface area contributed by atoms with E-state index in [4.69, 9.17) is 0 Å². The number of aromatic nitrogens is 2. The quantitative estimate of drug-likeness (QED) is 0.298. The summed E-state index contributed by atoms with van der Waals surface area (Å²) >= 11 is 1.71. The number of thiophene rings is 1. The SMILES string of the molecule is O=c1c2c([N+](=O)[O-])cccc2ncn1Cc1ccc(-c2ccc3ccsc3c2)cc1. The second-order valence-electron chi connectivity index (χ2n) is 6.98. The Morgan fingerprint density at radius 2 is 1.80 bits per heavy atom. The molecule has 0 saturated heterocycles. The Labute approximate surface area is 174 Å². The first-order chi connectivity index (χ1) is 14.6. The lowest BCUT2D eigenvalue weighted by atomic mass is 10.0. The van der Waals surface area contributed by atoms with Gasteiger partial charge in [-0.05, 0) is 45.7 Å². The fourth-order valence-corrected chi connectivity index (χ4v) is 4.41. The molecule has 0 N–H and O–H groups in total. The van der Waals surface area contributed by atoms with Gasteiger partial charge in [-0.25, -0.2) is 4.98 Å². The molecule has 5 rings (SSSR count). The lowest BCUT2D eigenvalue weighted by Gasteiger charge is -2.08. The fraction of sp³-hybridized carbons (Fsp3) is 0.0435. The van der Waals surface area contributed by atoms with Crippen molar-refractivity contribution in [3.8, 4) is 11.1 Å². The molecule has 146 valence electrons. The molecule has 2 heterocycles. The minimum absolute atomic E-state index is 0.0332. The molecular weight excluding hydrogens is 398 g/mol. The highest BCUT2D eigenvalue weighted by Gasteiger charge is 2.17. The zero-order valence-electron chi connectivity index (χ0n) is 15.7. The fourth-order valence-electron chi connectivity index (χ4n) is 3.58. The van der Waals surface area contributed by atoms with E-state index in [1.165, 1.54) is 33.1 Å². The van der Waals surface area contributed by atoms with Crippen molar-refractivity contribution in [3.05, 3.63) is 104 Å². The molecule has 0 aliphatic carbocycles. The molecule has 0 aliphatic heterocycles. The first-order valence-electron chi connectivity index (χ1n) is 9.29. The van der Waals surface area contributed by atoms with Gasteiger partial charge >= 0.3 is 0 Å². The summed E-state index contributed by atoms with van der Waals surface area (Å²) in [6.45, 7) is 0.290. The van der Waals surface area contributed by atoms with Crippen LogP contribution in [-0.2, 0) is 6.54 Å². The summed E-state index contributed by atoms with van der Waals surface area (Å²) in [5, 5.41) is 14.7. The van der Waals surface area contributed by atoms with Crippen LogP contribution in [0.2, 0.25) is 0 Å². The smallest absolute Gasteiger partial charge is 0.284 e. The predicted octanol–water partition coefficient (Wildman–Crippen LogP) is 5.23. The van der Waals surface area contributed by atoms with Crippen molar-refractivity contribution in [2.75, 3.05) is 0 Å². The predicted molar refractivity (Wildman–Crippen MR) is 119 cm³/mol. The Morgan fingerprint density at radius 3 is 2.60 bits per heavy atom. The number of hydrogen-bond donors (Lipinski definition) is 0. The van der Waals surface area contributed by atoms with Gasteiger partial charge < -0.3 is 0 Å². The van der Waals surface area contributed by atoms with E-state index in [1.54, 1.807) is 17.4 Å². The summed E-state index contributed by atoms with van der Waals surface area (Å²) in [4.78, 5) is 27.9. The van der Waals surface area contributed by atoms with E-state index in [9.17, 15) is 14.9 Å². The van der Waals surface area contributed by atoms with Crippen molar-refractivity contribution < 1.29 is 4.92 Å². The van der Waals surface area contributed by atoms with Gasteiger partial charge in [0.25, 0.3) is 11.2 Å². The number of rotatable bonds is 4.